The standard InChI is InChI=1S/C28H25ClN4O5/c1-17(34)31-24(13-19-15-30-22-6-3-2-5-21(19)22)28(36)38-16-27(35)33-25(26-7-4-12-37-26)14-23(32-33)18-8-10-20(29)11-9-18/h2-12,15,24-25,30H,13-14,16H2,1H3,(H,31,34)/t24-,25?/m0/s1. The molecule has 2 aromatic heterocycles. The smallest absolute Gasteiger partial charge is 0.329 e. The fourth-order valence-corrected chi connectivity index (χ4v) is 4.64. The molecule has 0 saturated heterocycles. The van der Waals surface area contributed by atoms with E-state index in [-0.39, 0.29) is 12.3 Å². The number of amides is 2. The van der Waals surface area contributed by atoms with Gasteiger partial charge in [0.1, 0.15) is 17.8 Å². The van der Waals surface area contributed by atoms with Gasteiger partial charge in [-0.2, -0.15) is 5.10 Å². The summed E-state index contributed by atoms with van der Waals surface area (Å²) in [6, 6.07) is 16.9. The summed E-state index contributed by atoms with van der Waals surface area (Å²) in [5, 5.41) is 9.97. The molecule has 2 aromatic carbocycles. The van der Waals surface area contributed by atoms with E-state index >= 15 is 0 Å². The minimum absolute atomic E-state index is 0.203. The number of rotatable bonds is 8. The Morgan fingerprint density at radius 1 is 1.16 bits per heavy atom. The number of para-hydroxylation sites is 1. The molecule has 1 aliphatic heterocycles. The molecule has 3 heterocycles. The fourth-order valence-electron chi connectivity index (χ4n) is 4.52. The Morgan fingerprint density at radius 2 is 1.95 bits per heavy atom. The average molecular weight is 533 g/mol. The maximum atomic E-state index is 13.2. The lowest BCUT2D eigenvalue weighted by atomic mass is 10.0. The van der Waals surface area contributed by atoms with Gasteiger partial charge in [-0.25, -0.2) is 9.80 Å². The van der Waals surface area contributed by atoms with Gasteiger partial charge in [0.2, 0.25) is 5.91 Å². The molecule has 0 aliphatic carbocycles. The zero-order valence-corrected chi connectivity index (χ0v) is 21.3. The number of benzene rings is 2. The highest BCUT2D eigenvalue weighted by molar-refractivity contribution is 6.30. The van der Waals surface area contributed by atoms with Gasteiger partial charge in [0, 0.05) is 41.9 Å². The average Bonchev–Trinajstić information content (AvgIpc) is 3.67. The van der Waals surface area contributed by atoms with Crippen molar-refractivity contribution in [2.24, 2.45) is 5.10 Å². The lowest BCUT2D eigenvalue weighted by Gasteiger charge is -2.21. The highest BCUT2D eigenvalue weighted by atomic mass is 35.5. The molecule has 2 N–H and O–H groups in total. The van der Waals surface area contributed by atoms with Crippen molar-refractivity contribution in [1.82, 2.24) is 15.3 Å². The van der Waals surface area contributed by atoms with Gasteiger partial charge in [0.25, 0.3) is 5.91 Å². The Bertz CT molecular complexity index is 1490. The van der Waals surface area contributed by atoms with Gasteiger partial charge in [-0.05, 0) is 41.5 Å². The number of esters is 1. The number of aromatic amines is 1. The molecule has 194 valence electrons. The summed E-state index contributed by atoms with van der Waals surface area (Å²) in [7, 11) is 0. The number of carbonyl (C=O) groups is 3. The van der Waals surface area contributed by atoms with Crippen LogP contribution in [0.4, 0.5) is 0 Å². The lowest BCUT2D eigenvalue weighted by Crippen LogP contribution is -2.43. The molecular weight excluding hydrogens is 508 g/mol. The predicted octanol–water partition coefficient (Wildman–Crippen LogP) is 4.38. The summed E-state index contributed by atoms with van der Waals surface area (Å²) >= 11 is 6.01. The number of halogens is 1. The zero-order valence-electron chi connectivity index (χ0n) is 20.5. The van der Waals surface area contributed by atoms with Crippen LogP contribution in [0.2, 0.25) is 5.02 Å². The van der Waals surface area contributed by atoms with Crippen molar-refractivity contribution in [3.05, 3.63) is 95.0 Å². The number of hydrazone groups is 1. The third-order valence-electron chi connectivity index (χ3n) is 6.31. The summed E-state index contributed by atoms with van der Waals surface area (Å²) in [5.74, 6) is -1.05. The Hall–Kier alpha value is -4.37. The van der Waals surface area contributed by atoms with Gasteiger partial charge in [-0.1, -0.05) is 41.9 Å². The number of ether oxygens (including phenoxy) is 1. The molecule has 1 aliphatic rings. The van der Waals surface area contributed by atoms with Gasteiger partial charge in [0.05, 0.1) is 12.0 Å². The van der Waals surface area contributed by atoms with Crippen LogP contribution in [0.25, 0.3) is 10.9 Å². The first-order valence-corrected chi connectivity index (χ1v) is 12.4. The van der Waals surface area contributed by atoms with Crippen LogP contribution < -0.4 is 5.32 Å². The number of nitrogens with zero attached hydrogens (tertiary/aromatic N) is 2. The quantitative estimate of drug-likeness (QED) is 0.327. The first-order chi connectivity index (χ1) is 18.4. The molecule has 10 heteroatoms. The third-order valence-corrected chi connectivity index (χ3v) is 6.57. The molecular formula is C28H25ClN4O5. The molecule has 0 radical (unpaired) electrons. The Balaban J connectivity index is 1.30. The Morgan fingerprint density at radius 3 is 2.68 bits per heavy atom. The van der Waals surface area contributed by atoms with Crippen LogP contribution in [0.3, 0.4) is 0 Å². The number of H-pyrrole nitrogens is 1. The molecule has 2 amide bonds. The summed E-state index contributed by atoms with van der Waals surface area (Å²) in [4.78, 5) is 41.2. The van der Waals surface area contributed by atoms with Crippen molar-refractivity contribution >= 4 is 46.0 Å². The van der Waals surface area contributed by atoms with E-state index in [1.165, 1.54) is 18.2 Å². The number of fused-ring (bicyclic) bond motifs is 1. The normalized spacial score (nSPS) is 15.8. The molecule has 0 spiro atoms. The summed E-state index contributed by atoms with van der Waals surface area (Å²) in [6.45, 7) is 0.781. The summed E-state index contributed by atoms with van der Waals surface area (Å²) in [6.07, 6.45) is 3.95. The highest BCUT2D eigenvalue weighted by Crippen LogP contribution is 2.33. The first kappa shape index (κ1) is 25.3. The second kappa shape index (κ2) is 10.9. The molecule has 0 bridgehead atoms. The van der Waals surface area contributed by atoms with Crippen LogP contribution in [-0.2, 0) is 25.5 Å². The maximum absolute atomic E-state index is 13.2. The minimum atomic E-state index is -0.966. The molecule has 0 fully saturated rings. The van der Waals surface area contributed by atoms with Crippen LogP contribution in [0.1, 0.15) is 36.3 Å². The van der Waals surface area contributed by atoms with Gasteiger partial charge < -0.3 is 19.5 Å². The van der Waals surface area contributed by atoms with Crippen molar-refractivity contribution in [3.63, 3.8) is 0 Å². The second-order valence-electron chi connectivity index (χ2n) is 8.95. The van der Waals surface area contributed by atoms with Crippen LogP contribution in [0.5, 0.6) is 0 Å². The van der Waals surface area contributed by atoms with Crippen molar-refractivity contribution < 1.29 is 23.5 Å². The maximum Gasteiger partial charge on any atom is 0.329 e. The third kappa shape index (κ3) is 5.47. The number of furan rings is 1. The molecule has 4 aromatic rings. The zero-order chi connectivity index (χ0) is 26.6. The monoisotopic (exact) mass is 532 g/mol. The van der Waals surface area contributed by atoms with E-state index in [1.807, 2.05) is 36.4 Å². The van der Waals surface area contributed by atoms with E-state index in [9.17, 15) is 14.4 Å². The second-order valence-corrected chi connectivity index (χ2v) is 9.39. The van der Waals surface area contributed by atoms with Gasteiger partial charge >= 0.3 is 5.97 Å². The van der Waals surface area contributed by atoms with Crippen molar-refractivity contribution in [2.75, 3.05) is 6.61 Å². The lowest BCUT2D eigenvalue weighted by molar-refractivity contribution is -0.155. The van der Waals surface area contributed by atoms with Gasteiger partial charge in [0.15, 0.2) is 6.61 Å². The number of aromatic nitrogens is 1. The Kier molecular flexibility index (Phi) is 7.28. The fraction of sp³-hybridized carbons (Fsp3) is 0.214. The van der Waals surface area contributed by atoms with E-state index < -0.39 is 30.6 Å². The van der Waals surface area contributed by atoms with Gasteiger partial charge in [-0.15, -0.1) is 0 Å². The van der Waals surface area contributed by atoms with Crippen molar-refractivity contribution in [2.45, 2.75) is 31.8 Å². The number of nitrogens with one attached hydrogen (secondary N) is 2. The molecule has 9 nitrogen and oxygen atoms in total. The topological polar surface area (TPSA) is 117 Å². The molecule has 0 saturated carbocycles. The van der Waals surface area contributed by atoms with Crippen LogP contribution >= 0.6 is 11.6 Å². The van der Waals surface area contributed by atoms with E-state index in [2.05, 4.69) is 15.4 Å². The SMILES string of the molecule is CC(=O)N[C@@H](Cc1c[nH]c2ccccc12)C(=O)OCC(=O)N1N=C(c2ccc(Cl)cc2)CC1c1ccco1. The van der Waals surface area contributed by atoms with E-state index in [0.29, 0.717) is 22.9 Å². The molecule has 5 rings (SSSR count). The van der Waals surface area contributed by atoms with Crippen LogP contribution in [0.15, 0.2) is 82.6 Å². The van der Waals surface area contributed by atoms with Crippen LogP contribution in [0, 0.1) is 0 Å². The number of carbonyl (C=O) groups excluding carboxylic acids is 3. The molecule has 2 atom stereocenters. The molecule has 1 unspecified atom stereocenters. The van der Waals surface area contributed by atoms with E-state index in [1.54, 1.807) is 30.5 Å². The molecule has 38 heavy (non-hydrogen) atoms. The van der Waals surface area contributed by atoms with E-state index in [4.69, 9.17) is 20.8 Å². The number of hydrogen-bond donors (Lipinski definition) is 2. The highest BCUT2D eigenvalue weighted by Gasteiger charge is 2.35. The summed E-state index contributed by atoms with van der Waals surface area (Å²) in [5.41, 5.74) is 3.26. The van der Waals surface area contributed by atoms with Crippen molar-refractivity contribution in [1.29, 1.82) is 0 Å². The van der Waals surface area contributed by atoms with Crippen LogP contribution in [-0.4, -0.2) is 46.1 Å². The largest absolute Gasteiger partial charge is 0.467 e. The predicted molar refractivity (Wildman–Crippen MR) is 141 cm³/mol. The number of hydrogen-bond acceptors (Lipinski definition) is 6. The first-order valence-electron chi connectivity index (χ1n) is 12.1. The summed E-state index contributed by atoms with van der Waals surface area (Å²) < 4.78 is 10.9. The minimum Gasteiger partial charge on any atom is -0.467 e. The van der Waals surface area contributed by atoms with E-state index in [0.717, 1.165) is 22.0 Å². The van der Waals surface area contributed by atoms with Gasteiger partial charge in [-0.3, -0.25) is 9.59 Å². The van der Waals surface area contributed by atoms with Crippen molar-refractivity contribution in [3.8, 4) is 0 Å². The Labute approximate surface area is 223 Å².